The first-order chi connectivity index (χ1) is 13.9. The number of hydrogen-bond acceptors (Lipinski definition) is 5. The highest BCUT2D eigenvalue weighted by molar-refractivity contribution is 6.41. The molecule has 0 radical (unpaired) electrons. The molecule has 4 rings (SSSR count). The summed E-state index contributed by atoms with van der Waals surface area (Å²) in [6, 6.07) is 5.82. The smallest absolute Gasteiger partial charge is 0.345 e. The normalized spacial score (nSPS) is 30.7. The van der Waals surface area contributed by atoms with Crippen LogP contribution in [-0.4, -0.2) is 37.5 Å². The first-order valence-corrected chi connectivity index (χ1v) is 10.1. The number of benzene rings is 1. The molecule has 0 amide bonds. The standard InChI is InChI=1S/C21H26F3N3O2/c1-13-18(25)27-21(26-13)17-11-16(28-10-2-9-22)4-3-14(17)12-20(21)7-5-15(6-8-20)29-19(23)24/h3-4,11,15,19H,2,5-10,12H2,1H3,(H2,25,27). The van der Waals surface area contributed by atoms with Crippen molar-refractivity contribution in [2.24, 2.45) is 21.1 Å². The number of aliphatic imine (C=N–C) groups is 2. The Labute approximate surface area is 168 Å². The first-order valence-electron chi connectivity index (χ1n) is 10.1. The van der Waals surface area contributed by atoms with Crippen LogP contribution in [-0.2, 0) is 16.8 Å². The molecular formula is C21H26F3N3O2. The van der Waals surface area contributed by atoms with Crippen molar-refractivity contribution in [3.8, 4) is 5.75 Å². The van der Waals surface area contributed by atoms with Crippen LogP contribution in [0.1, 0.15) is 50.2 Å². The molecule has 1 unspecified atom stereocenters. The first kappa shape index (κ1) is 20.2. The molecule has 1 aromatic carbocycles. The average Bonchev–Trinajstić information content (AvgIpc) is 3.12. The van der Waals surface area contributed by atoms with Crippen molar-refractivity contribution >= 4 is 11.5 Å². The van der Waals surface area contributed by atoms with E-state index in [2.05, 4.69) is 0 Å². The van der Waals surface area contributed by atoms with Crippen molar-refractivity contribution < 1.29 is 22.6 Å². The number of amidine groups is 1. The molecule has 1 heterocycles. The largest absolute Gasteiger partial charge is 0.493 e. The highest BCUT2D eigenvalue weighted by atomic mass is 19.3. The summed E-state index contributed by atoms with van der Waals surface area (Å²) in [4.78, 5) is 9.75. The second-order valence-electron chi connectivity index (χ2n) is 8.13. The van der Waals surface area contributed by atoms with Gasteiger partial charge in [0.15, 0.2) is 5.66 Å². The van der Waals surface area contributed by atoms with E-state index in [-0.39, 0.29) is 5.41 Å². The topological polar surface area (TPSA) is 69.2 Å². The van der Waals surface area contributed by atoms with Gasteiger partial charge in [0.2, 0.25) is 0 Å². The minimum absolute atomic E-state index is 0.299. The third-order valence-electron chi connectivity index (χ3n) is 6.44. The number of nitrogens with zero attached hydrogens (tertiary/aromatic N) is 2. The molecule has 1 aromatic rings. The van der Waals surface area contributed by atoms with Gasteiger partial charge in [-0.3, -0.25) is 9.38 Å². The zero-order valence-corrected chi connectivity index (χ0v) is 16.5. The number of ether oxygens (including phenoxy) is 2. The summed E-state index contributed by atoms with van der Waals surface area (Å²) < 4.78 is 48.2. The summed E-state index contributed by atoms with van der Waals surface area (Å²) in [6.45, 7) is -1.04. The van der Waals surface area contributed by atoms with E-state index in [4.69, 9.17) is 25.2 Å². The Kier molecular flexibility index (Phi) is 5.31. The van der Waals surface area contributed by atoms with Crippen LogP contribution in [0.5, 0.6) is 5.75 Å². The number of halogens is 3. The second kappa shape index (κ2) is 7.63. The van der Waals surface area contributed by atoms with Crippen molar-refractivity contribution in [1.29, 1.82) is 0 Å². The fraction of sp³-hybridized carbons (Fsp3) is 0.619. The minimum atomic E-state index is -2.76. The van der Waals surface area contributed by atoms with Crippen LogP contribution in [0.25, 0.3) is 0 Å². The summed E-state index contributed by atoms with van der Waals surface area (Å²) >= 11 is 0. The van der Waals surface area contributed by atoms with E-state index in [1.165, 1.54) is 0 Å². The molecule has 29 heavy (non-hydrogen) atoms. The van der Waals surface area contributed by atoms with Crippen LogP contribution in [0.15, 0.2) is 28.2 Å². The molecule has 3 aliphatic rings. The molecule has 0 saturated heterocycles. The summed E-state index contributed by atoms with van der Waals surface area (Å²) in [5, 5.41) is 0. The number of fused-ring (bicyclic) bond motifs is 3. The van der Waals surface area contributed by atoms with E-state index >= 15 is 0 Å². The second-order valence-corrected chi connectivity index (χ2v) is 8.13. The van der Waals surface area contributed by atoms with Crippen LogP contribution in [0.4, 0.5) is 13.2 Å². The predicted molar refractivity (Wildman–Crippen MR) is 104 cm³/mol. The van der Waals surface area contributed by atoms with Crippen LogP contribution in [0.2, 0.25) is 0 Å². The lowest BCUT2D eigenvalue weighted by molar-refractivity contribution is -0.177. The lowest BCUT2D eigenvalue weighted by atomic mass is 9.65. The summed E-state index contributed by atoms with van der Waals surface area (Å²) in [5.41, 5.74) is 7.71. The molecule has 1 aliphatic heterocycles. The molecule has 158 valence electrons. The lowest BCUT2D eigenvalue weighted by Crippen LogP contribution is -2.43. The summed E-state index contributed by atoms with van der Waals surface area (Å²) in [6.07, 6.45) is 3.04. The summed E-state index contributed by atoms with van der Waals surface area (Å²) in [7, 11) is 0. The van der Waals surface area contributed by atoms with Crippen molar-refractivity contribution in [2.75, 3.05) is 13.3 Å². The third kappa shape index (κ3) is 3.41. The van der Waals surface area contributed by atoms with E-state index in [0.29, 0.717) is 56.0 Å². The molecular weight excluding hydrogens is 383 g/mol. The fourth-order valence-electron chi connectivity index (χ4n) is 5.03. The molecule has 5 nitrogen and oxygen atoms in total. The Balaban J connectivity index is 1.68. The van der Waals surface area contributed by atoms with Gasteiger partial charge in [0.1, 0.15) is 11.6 Å². The van der Waals surface area contributed by atoms with Gasteiger partial charge in [0.25, 0.3) is 0 Å². The quantitative estimate of drug-likeness (QED) is 0.718. The van der Waals surface area contributed by atoms with Gasteiger partial charge in [-0.05, 0) is 56.7 Å². The van der Waals surface area contributed by atoms with E-state index in [9.17, 15) is 13.2 Å². The number of nitrogens with two attached hydrogens (primary N) is 1. The Hall–Kier alpha value is -2.09. The maximum Gasteiger partial charge on any atom is 0.345 e. The van der Waals surface area contributed by atoms with Gasteiger partial charge < -0.3 is 15.2 Å². The van der Waals surface area contributed by atoms with E-state index in [0.717, 1.165) is 17.5 Å². The van der Waals surface area contributed by atoms with Gasteiger partial charge in [-0.25, -0.2) is 4.99 Å². The SMILES string of the molecule is CC1=NC2(N=C1N)c1cc(OCCCF)ccc1CC21CCC(OC(F)F)CC1. The third-order valence-corrected chi connectivity index (χ3v) is 6.44. The van der Waals surface area contributed by atoms with Crippen LogP contribution < -0.4 is 10.5 Å². The molecule has 0 bridgehead atoms. The fourth-order valence-corrected chi connectivity index (χ4v) is 5.03. The molecule has 1 saturated carbocycles. The van der Waals surface area contributed by atoms with Crippen molar-refractivity contribution in [1.82, 2.24) is 0 Å². The van der Waals surface area contributed by atoms with Gasteiger partial charge >= 0.3 is 6.61 Å². The van der Waals surface area contributed by atoms with E-state index in [1.54, 1.807) is 0 Å². The Bertz CT molecular complexity index is 814. The average molecular weight is 409 g/mol. The Morgan fingerprint density at radius 3 is 2.62 bits per heavy atom. The van der Waals surface area contributed by atoms with Crippen LogP contribution in [0.3, 0.4) is 0 Å². The van der Waals surface area contributed by atoms with Gasteiger partial charge in [0.05, 0.1) is 25.1 Å². The van der Waals surface area contributed by atoms with Crippen molar-refractivity contribution in [2.45, 2.75) is 63.8 Å². The highest BCUT2D eigenvalue weighted by Gasteiger charge is 2.60. The zero-order valence-electron chi connectivity index (χ0n) is 16.5. The molecule has 8 heteroatoms. The molecule has 2 N–H and O–H groups in total. The van der Waals surface area contributed by atoms with Gasteiger partial charge in [-0.1, -0.05) is 6.07 Å². The molecule has 2 aliphatic carbocycles. The highest BCUT2D eigenvalue weighted by Crippen LogP contribution is 2.62. The van der Waals surface area contributed by atoms with E-state index < -0.39 is 25.1 Å². The van der Waals surface area contributed by atoms with Crippen LogP contribution >= 0.6 is 0 Å². The number of alkyl halides is 3. The monoisotopic (exact) mass is 409 g/mol. The maximum atomic E-state index is 12.7. The van der Waals surface area contributed by atoms with Crippen molar-refractivity contribution in [3.63, 3.8) is 0 Å². The summed E-state index contributed by atoms with van der Waals surface area (Å²) in [5.74, 6) is 1.06. The van der Waals surface area contributed by atoms with Crippen LogP contribution in [0, 0.1) is 5.41 Å². The molecule has 1 atom stereocenters. The minimum Gasteiger partial charge on any atom is -0.493 e. The zero-order chi connectivity index (χ0) is 20.6. The molecule has 1 fully saturated rings. The van der Waals surface area contributed by atoms with E-state index in [1.807, 2.05) is 25.1 Å². The molecule has 2 spiro atoms. The number of rotatable bonds is 6. The van der Waals surface area contributed by atoms with Crippen molar-refractivity contribution in [3.05, 3.63) is 29.3 Å². The maximum absolute atomic E-state index is 12.7. The number of hydrogen-bond donors (Lipinski definition) is 1. The lowest BCUT2D eigenvalue weighted by Gasteiger charge is -2.44. The van der Waals surface area contributed by atoms with Gasteiger partial charge in [0, 0.05) is 17.4 Å². The Morgan fingerprint density at radius 1 is 1.24 bits per heavy atom. The Morgan fingerprint density at radius 2 is 2.00 bits per heavy atom. The van der Waals surface area contributed by atoms with Gasteiger partial charge in [-0.15, -0.1) is 0 Å². The molecule has 0 aromatic heterocycles. The van der Waals surface area contributed by atoms with Gasteiger partial charge in [-0.2, -0.15) is 8.78 Å². The predicted octanol–water partition coefficient (Wildman–Crippen LogP) is 4.13.